The number of nitrogens with two attached hydrogens (primary N) is 2. The van der Waals surface area contributed by atoms with Gasteiger partial charge in [-0.1, -0.05) is 31.2 Å². The van der Waals surface area contributed by atoms with Crippen molar-refractivity contribution in [2.45, 2.75) is 51.9 Å². The van der Waals surface area contributed by atoms with Crippen molar-refractivity contribution in [2.24, 2.45) is 17.5 Å². The van der Waals surface area contributed by atoms with Gasteiger partial charge in [0.25, 0.3) is 0 Å². The molecule has 0 radical (unpaired) electrons. The van der Waals surface area contributed by atoms with Gasteiger partial charge in [-0.05, 0) is 68.7 Å². The summed E-state index contributed by atoms with van der Waals surface area (Å²) < 4.78 is 5.99. The van der Waals surface area contributed by atoms with Gasteiger partial charge in [0.15, 0.2) is 0 Å². The van der Waals surface area contributed by atoms with E-state index in [1.807, 2.05) is 12.3 Å². The Hall–Kier alpha value is -2.14. The lowest BCUT2D eigenvalue weighted by molar-refractivity contribution is 0.293. The maximum Gasteiger partial charge on any atom is 0.122 e. The number of unbranched alkanes of at least 4 members (excludes halogenated alkanes) is 1. The first-order chi connectivity index (χ1) is 13.2. The summed E-state index contributed by atoms with van der Waals surface area (Å²) in [6.07, 6.45) is 13.3. The molecule has 0 bridgehead atoms. The predicted octanol–water partition coefficient (Wildman–Crippen LogP) is 3.68. The normalized spacial score (nSPS) is 14.5. The van der Waals surface area contributed by atoms with Crippen LogP contribution in [0.4, 0.5) is 0 Å². The molecular formula is C22H36N4O. The minimum atomic E-state index is 0.727. The third-order valence-electron chi connectivity index (χ3n) is 4.80. The van der Waals surface area contributed by atoms with Gasteiger partial charge in [0.2, 0.25) is 0 Å². The molecule has 1 aliphatic carbocycles. The van der Waals surface area contributed by atoms with Gasteiger partial charge in [0, 0.05) is 25.0 Å². The minimum Gasteiger partial charge on any atom is -0.493 e. The van der Waals surface area contributed by atoms with Crippen molar-refractivity contribution in [1.82, 2.24) is 10.3 Å². The largest absolute Gasteiger partial charge is 0.493 e. The Kier molecular flexibility index (Phi) is 9.63. The average Bonchev–Trinajstić information content (AvgIpc) is 3.52. The average molecular weight is 373 g/mol. The van der Waals surface area contributed by atoms with Gasteiger partial charge in [-0.15, -0.1) is 0 Å². The van der Waals surface area contributed by atoms with Gasteiger partial charge in [0.1, 0.15) is 5.75 Å². The molecule has 1 fully saturated rings. The van der Waals surface area contributed by atoms with E-state index in [9.17, 15) is 0 Å². The van der Waals surface area contributed by atoms with Gasteiger partial charge in [0.05, 0.1) is 6.61 Å². The molecule has 0 aliphatic heterocycles. The van der Waals surface area contributed by atoms with Crippen molar-refractivity contribution >= 4 is 0 Å². The van der Waals surface area contributed by atoms with E-state index in [-0.39, 0.29) is 0 Å². The van der Waals surface area contributed by atoms with Gasteiger partial charge in [-0.2, -0.15) is 0 Å². The fourth-order valence-electron chi connectivity index (χ4n) is 2.87. The van der Waals surface area contributed by atoms with E-state index in [0.29, 0.717) is 0 Å². The number of nitrogens with zero attached hydrogens (tertiary/aromatic N) is 1. The van der Waals surface area contributed by atoms with Crippen molar-refractivity contribution < 1.29 is 4.74 Å². The Bertz CT molecular complexity index is 596. The number of para-hydroxylation sites is 1. The fourth-order valence-corrected chi connectivity index (χ4v) is 2.87. The Morgan fingerprint density at radius 3 is 2.85 bits per heavy atom. The molecule has 1 aliphatic rings. The lowest BCUT2D eigenvalue weighted by Gasteiger charge is -2.22. The highest BCUT2D eigenvalue weighted by Crippen LogP contribution is 2.30. The minimum absolute atomic E-state index is 0.727. The molecule has 0 atom stereocenters. The second kappa shape index (κ2) is 12.3. The van der Waals surface area contributed by atoms with E-state index in [1.54, 1.807) is 11.2 Å². The van der Waals surface area contributed by atoms with E-state index in [2.05, 4.69) is 36.5 Å². The van der Waals surface area contributed by atoms with Gasteiger partial charge in [-0.25, -0.2) is 5.84 Å². The second-order valence-corrected chi connectivity index (χ2v) is 7.19. The van der Waals surface area contributed by atoms with Crippen LogP contribution in [-0.4, -0.2) is 24.7 Å². The second-order valence-electron chi connectivity index (χ2n) is 7.19. The van der Waals surface area contributed by atoms with Gasteiger partial charge in [-0.3, -0.25) is 0 Å². The van der Waals surface area contributed by atoms with E-state index in [4.69, 9.17) is 16.3 Å². The summed E-state index contributed by atoms with van der Waals surface area (Å²) in [7, 11) is 0. The number of rotatable bonds is 14. The molecule has 150 valence electrons. The van der Waals surface area contributed by atoms with Crippen LogP contribution in [0.25, 0.3) is 0 Å². The molecule has 0 saturated heterocycles. The zero-order valence-electron chi connectivity index (χ0n) is 16.7. The van der Waals surface area contributed by atoms with Crippen LogP contribution in [0.5, 0.6) is 5.75 Å². The summed E-state index contributed by atoms with van der Waals surface area (Å²) in [4.78, 5) is 0. The first-order valence-electron chi connectivity index (χ1n) is 10.3. The molecule has 1 aromatic carbocycles. The van der Waals surface area contributed by atoms with Crippen LogP contribution in [0, 0.1) is 5.92 Å². The molecule has 1 saturated carbocycles. The molecule has 2 rings (SSSR count). The highest BCUT2D eigenvalue weighted by atomic mass is 16.5. The Morgan fingerprint density at radius 2 is 2.11 bits per heavy atom. The number of nitrogens with one attached hydrogen (secondary N) is 1. The maximum atomic E-state index is 6.26. The number of hydrogen-bond donors (Lipinski definition) is 3. The molecule has 0 unspecified atom stereocenters. The van der Waals surface area contributed by atoms with E-state index >= 15 is 0 Å². The Labute approximate surface area is 164 Å². The lowest BCUT2D eigenvalue weighted by atomic mass is 10.1. The van der Waals surface area contributed by atoms with Crippen molar-refractivity contribution in [3.05, 3.63) is 54.0 Å². The topological polar surface area (TPSA) is 76.5 Å². The predicted molar refractivity (Wildman–Crippen MR) is 113 cm³/mol. The summed E-state index contributed by atoms with van der Waals surface area (Å²) in [5, 5.41) is 5.07. The molecular weight excluding hydrogens is 336 g/mol. The number of hydrazine groups is 1. The lowest BCUT2D eigenvalue weighted by Crippen LogP contribution is -2.33. The van der Waals surface area contributed by atoms with Gasteiger partial charge >= 0.3 is 0 Å². The molecule has 0 amide bonds. The van der Waals surface area contributed by atoms with Crippen LogP contribution in [0.3, 0.4) is 0 Å². The SMILES string of the molecule is CC/C=C\NCCCC/C(=C/N)N(N)CCc1ccccc1OCC1CC1. The van der Waals surface area contributed by atoms with Crippen LogP contribution in [-0.2, 0) is 6.42 Å². The van der Waals surface area contributed by atoms with Crippen LogP contribution in [0.2, 0.25) is 0 Å². The quantitative estimate of drug-likeness (QED) is 0.264. The monoisotopic (exact) mass is 372 g/mol. The maximum absolute atomic E-state index is 6.26. The summed E-state index contributed by atoms with van der Waals surface area (Å²) >= 11 is 0. The molecule has 0 spiro atoms. The third kappa shape index (κ3) is 8.39. The van der Waals surface area contributed by atoms with Crippen LogP contribution >= 0.6 is 0 Å². The van der Waals surface area contributed by atoms with Crippen molar-refractivity contribution in [3.8, 4) is 5.75 Å². The fraction of sp³-hybridized carbons (Fsp3) is 0.545. The van der Waals surface area contributed by atoms with Crippen LogP contribution < -0.4 is 21.6 Å². The number of allylic oxidation sites excluding steroid dienone is 2. The molecule has 5 N–H and O–H groups in total. The summed E-state index contributed by atoms with van der Waals surface area (Å²) in [5.41, 5.74) is 8.01. The molecule has 1 aromatic rings. The molecule has 0 aromatic heterocycles. The van der Waals surface area contributed by atoms with Crippen LogP contribution in [0.15, 0.2) is 48.4 Å². The highest BCUT2D eigenvalue weighted by molar-refractivity contribution is 5.33. The number of ether oxygens (including phenoxy) is 1. The van der Waals surface area contributed by atoms with E-state index in [0.717, 1.165) is 69.2 Å². The number of hydrogen-bond acceptors (Lipinski definition) is 5. The van der Waals surface area contributed by atoms with Crippen molar-refractivity contribution in [3.63, 3.8) is 0 Å². The Morgan fingerprint density at radius 1 is 1.30 bits per heavy atom. The summed E-state index contributed by atoms with van der Waals surface area (Å²) in [6.45, 7) is 4.66. The van der Waals surface area contributed by atoms with Crippen molar-refractivity contribution in [1.29, 1.82) is 0 Å². The Balaban J connectivity index is 1.71. The van der Waals surface area contributed by atoms with E-state index < -0.39 is 0 Å². The zero-order chi connectivity index (χ0) is 19.3. The van der Waals surface area contributed by atoms with Crippen LogP contribution in [0.1, 0.15) is 51.0 Å². The molecule has 27 heavy (non-hydrogen) atoms. The number of benzene rings is 1. The molecule has 5 heteroatoms. The standard InChI is InChI=1S/C22H36N4O/c1-2-3-14-25-15-7-6-9-21(17-23)26(24)16-13-20-8-4-5-10-22(20)27-18-19-11-12-19/h3-5,8,10,14,17,19,25H,2,6-7,9,11-13,15-16,18,23-24H2,1H3/b14-3-,21-17-. The first kappa shape index (κ1) is 21.2. The third-order valence-corrected chi connectivity index (χ3v) is 4.80. The van der Waals surface area contributed by atoms with Gasteiger partial charge < -0.3 is 20.8 Å². The molecule has 5 nitrogen and oxygen atoms in total. The summed E-state index contributed by atoms with van der Waals surface area (Å²) in [6, 6.07) is 8.26. The van der Waals surface area contributed by atoms with Crippen molar-refractivity contribution in [2.75, 3.05) is 19.7 Å². The molecule has 0 heterocycles. The zero-order valence-corrected chi connectivity index (χ0v) is 16.7. The highest BCUT2D eigenvalue weighted by Gasteiger charge is 2.22. The van der Waals surface area contributed by atoms with E-state index in [1.165, 1.54) is 18.4 Å². The summed E-state index contributed by atoms with van der Waals surface area (Å²) in [5.74, 6) is 8.00. The smallest absolute Gasteiger partial charge is 0.122 e. The first-order valence-corrected chi connectivity index (χ1v) is 10.3.